The highest BCUT2D eigenvalue weighted by atomic mass is 16.6. The smallest absolute Gasteiger partial charge is 0.441 e. The molecule has 0 bridgehead atoms. The van der Waals surface area contributed by atoms with E-state index < -0.39 is 11.9 Å². The Hall–Kier alpha value is -1.72. The summed E-state index contributed by atoms with van der Waals surface area (Å²) in [7, 11) is 1.56. The average Bonchev–Trinajstić information content (AvgIpc) is 2.52. The van der Waals surface area contributed by atoms with E-state index in [-0.39, 0.29) is 12.4 Å². The third kappa shape index (κ3) is 2.87. The Labute approximate surface area is 86.4 Å². The van der Waals surface area contributed by atoms with Crippen LogP contribution in [0.5, 0.6) is 0 Å². The molecule has 0 saturated heterocycles. The number of carbonyl (C=O) groups excluding carboxylic acids is 1. The standard InChI is InChI=1S/C9H12NO5/c1-4-10(3)8(11)13-5-7-6(2)14-9(12)15-7/h4H,5H2,1-3H3. The first kappa shape index (κ1) is 11.4. The number of hydrogen-bond donors (Lipinski definition) is 0. The SMILES string of the molecule is C[CH]N(C)C(=O)OCc1oc(=O)oc1C. The van der Waals surface area contributed by atoms with Gasteiger partial charge < -0.3 is 18.5 Å². The molecule has 0 aliphatic heterocycles. The van der Waals surface area contributed by atoms with Crippen LogP contribution < -0.4 is 5.82 Å². The lowest BCUT2D eigenvalue weighted by Crippen LogP contribution is -2.23. The second-order valence-electron chi connectivity index (χ2n) is 2.86. The zero-order valence-corrected chi connectivity index (χ0v) is 8.77. The summed E-state index contributed by atoms with van der Waals surface area (Å²) in [5.41, 5.74) is 0. The number of hydrogen-bond acceptors (Lipinski definition) is 5. The molecule has 0 atom stereocenters. The molecule has 83 valence electrons. The van der Waals surface area contributed by atoms with Gasteiger partial charge in [0.2, 0.25) is 0 Å². The Bertz CT molecular complexity index is 391. The molecular weight excluding hydrogens is 202 g/mol. The van der Waals surface area contributed by atoms with Crippen molar-refractivity contribution in [3.8, 4) is 0 Å². The van der Waals surface area contributed by atoms with Crippen LogP contribution in [0.3, 0.4) is 0 Å². The molecule has 15 heavy (non-hydrogen) atoms. The van der Waals surface area contributed by atoms with Crippen molar-refractivity contribution in [2.24, 2.45) is 0 Å². The highest BCUT2D eigenvalue weighted by molar-refractivity contribution is 5.67. The lowest BCUT2D eigenvalue weighted by Gasteiger charge is -2.12. The van der Waals surface area contributed by atoms with Crippen LogP contribution in [0.1, 0.15) is 18.4 Å². The van der Waals surface area contributed by atoms with Crippen molar-refractivity contribution in [2.45, 2.75) is 20.5 Å². The maximum absolute atomic E-state index is 11.2. The molecule has 0 aliphatic carbocycles. The van der Waals surface area contributed by atoms with Gasteiger partial charge in [-0.1, -0.05) is 0 Å². The normalized spacial score (nSPS) is 10.1. The van der Waals surface area contributed by atoms with Crippen molar-refractivity contribution >= 4 is 6.09 Å². The largest absolute Gasteiger partial charge is 0.519 e. The number of rotatable bonds is 3. The Kier molecular flexibility index (Phi) is 3.54. The fraction of sp³-hybridized carbons (Fsp3) is 0.444. The number of nitrogens with zero attached hydrogens (tertiary/aromatic N) is 1. The molecule has 1 aromatic rings. The molecule has 6 nitrogen and oxygen atoms in total. The highest BCUT2D eigenvalue weighted by Crippen LogP contribution is 2.07. The van der Waals surface area contributed by atoms with Crippen LogP contribution in [0.25, 0.3) is 0 Å². The van der Waals surface area contributed by atoms with Crippen LogP contribution >= 0.6 is 0 Å². The van der Waals surface area contributed by atoms with Crippen molar-refractivity contribution in [1.29, 1.82) is 0 Å². The van der Waals surface area contributed by atoms with E-state index in [2.05, 4.69) is 8.83 Å². The average molecular weight is 214 g/mol. The van der Waals surface area contributed by atoms with E-state index in [4.69, 9.17) is 4.74 Å². The van der Waals surface area contributed by atoms with Crippen molar-refractivity contribution in [2.75, 3.05) is 7.05 Å². The van der Waals surface area contributed by atoms with Crippen LogP contribution in [0.4, 0.5) is 4.79 Å². The Morgan fingerprint density at radius 3 is 2.67 bits per heavy atom. The molecule has 1 radical (unpaired) electrons. The van der Waals surface area contributed by atoms with E-state index in [1.165, 1.54) is 4.90 Å². The molecule has 0 fully saturated rings. The van der Waals surface area contributed by atoms with E-state index >= 15 is 0 Å². The van der Waals surface area contributed by atoms with Crippen LogP contribution in [-0.2, 0) is 11.3 Å². The number of amides is 1. The second kappa shape index (κ2) is 4.68. The van der Waals surface area contributed by atoms with Gasteiger partial charge in [-0.25, -0.2) is 9.59 Å². The predicted octanol–water partition coefficient (Wildman–Crippen LogP) is 1.29. The lowest BCUT2D eigenvalue weighted by molar-refractivity contribution is 0.105. The van der Waals surface area contributed by atoms with Crippen molar-refractivity contribution in [3.63, 3.8) is 0 Å². The molecule has 0 saturated carbocycles. The first-order valence-electron chi connectivity index (χ1n) is 4.33. The Morgan fingerprint density at radius 2 is 2.20 bits per heavy atom. The Morgan fingerprint density at radius 1 is 1.53 bits per heavy atom. The maximum atomic E-state index is 11.2. The fourth-order valence-corrected chi connectivity index (χ4v) is 0.841. The summed E-state index contributed by atoms with van der Waals surface area (Å²) in [5, 5.41) is 0. The Balaban J connectivity index is 2.54. The van der Waals surface area contributed by atoms with Gasteiger partial charge in [-0.3, -0.25) is 0 Å². The number of aryl methyl sites for hydroxylation is 1. The lowest BCUT2D eigenvalue weighted by atomic mass is 10.4. The molecule has 0 spiro atoms. The summed E-state index contributed by atoms with van der Waals surface area (Å²) in [6.07, 6.45) is -0.527. The molecule has 1 rings (SSSR count). The molecule has 0 unspecified atom stereocenters. The zero-order valence-electron chi connectivity index (χ0n) is 8.77. The van der Waals surface area contributed by atoms with Gasteiger partial charge in [-0.15, -0.1) is 0 Å². The van der Waals surface area contributed by atoms with E-state index in [1.807, 2.05) is 0 Å². The summed E-state index contributed by atoms with van der Waals surface area (Å²) in [6.45, 7) is 4.70. The molecular formula is C9H12NO5. The minimum atomic E-state index is -0.797. The summed E-state index contributed by atoms with van der Waals surface area (Å²) < 4.78 is 14.1. The molecule has 1 heterocycles. The van der Waals surface area contributed by atoms with E-state index in [0.717, 1.165) is 0 Å². The minimum Gasteiger partial charge on any atom is -0.441 e. The van der Waals surface area contributed by atoms with Crippen LogP contribution in [0.15, 0.2) is 13.6 Å². The van der Waals surface area contributed by atoms with Crippen LogP contribution in [0.2, 0.25) is 0 Å². The highest BCUT2D eigenvalue weighted by Gasteiger charge is 2.13. The molecule has 1 aromatic heterocycles. The summed E-state index contributed by atoms with van der Waals surface area (Å²) in [4.78, 5) is 23.1. The third-order valence-electron chi connectivity index (χ3n) is 1.84. The molecule has 0 aliphatic rings. The fourth-order valence-electron chi connectivity index (χ4n) is 0.841. The van der Waals surface area contributed by atoms with Crippen molar-refractivity contribution < 1.29 is 18.4 Å². The molecule has 0 N–H and O–H groups in total. The van der Waals surface area contributed by atoms with Gasteiger partial charge in [0, 0.05) is 7.05 Å². The van der Waals surface area contributed by atoms with Gasteiger partial charge in [0.25, 0.3) is 0 Å². The van der Waals surface area contributed by atoms with Gasteiger partial charge in [0.1, 0.15) is 0 Å². The second-order valence-corrected chi connectivity index (χ2v) is 2.86. The first-order chi connectivity index (χ1) is 7.04. The monoisotopic (exact) mass is 214 g/mol. The van der Waals surface area contributed by atoms with Gasteiger partial charge in [0.05, 0.1) is 6.54 Å². The number of ether oxygens (including phenoxy) is 1. The topological polar surface area (TPSA) is 72.9 Å². The van der Waals surface area contributed by atoms with Crippen LogP contribution in [0, 0.1) is 13.5 Å². The predicted molar refractivity (Wildman–Crippen MR) is 49.9 cm³/mol. The van der Waals surface area contributed by atoms with Gasteiger partial charge in [0.15, 0.2) is 18.1 Å². The van der Waals surface area contributed by atoms with Crippen molar-refractivity contribution in [1.82, 2.24) is 4.90 Å². The van der Waals surface area contributed by atoms with E-state index in [9.17, 15) is 9.59 Å². The summed E-state index contributed by atoms with van der Waals surface area (Å²) >= 11 is 0. The summed E-state index contributed by atoms with van der Waals surface area (Å²) in [5.74, 6) is -0.261. The molecule has 0 aromatic carbocycles. The minimum absolute atomic E-state index is 0.116. The van der Waals surface area contributed by atoms with Gasteiger partial charge in [-0.2, -0.15) is 0 Å². The van der Waals surface area contributed by atoms with Gasteiger partial charge >= 0.3 is 11.9 Å². The quantitative estimate of drug-likeness (QED) is 0.758. The first-order valence-corrected chi connectivity index (χ1v) is 4.33. The van der Waals surface area contributed by atoms with Crippen LogP contribution in [-0.4, -0.2) is 18.0 Å². The van der Waals surface area contributed by atoms with E-state index in [1.54, 1.807) is 27.4 Å². The number of carbonyl (C=O) groups is 1. The molecule has 6 heteroatoms. The summed E-state index contributed by atoms with van der Waals surface area (Å²) in [6, 6.07) is 0. The van der Waals surface area contributed by atoms with Crippen molar-refractivity contribution in [3.05, 3.63) is 28.7 Å². The third-order valence-corrected chi connectivity index (χ3v) is 1.84. The molecule has 1 amide bonds. The maximum Gasteiger partial charge on any atom is 0.519 e. The van der Waals surface area contributed by atoms with Gasteiger partial charge in [-0.05, 0) is 13.8 Å². The van der Waals surface area contributed by atoms with E-state index in [0.29, 0.717) is 5.76 Å². The zero-order chi connectivity index (χ0) is 11.4.